The maximum absolute atomic E-state index is 13.5. The molecule has 1 aliphatic heterocycles. The lowest BCUT2D eigenvalue weighted by Crippen LogP contribution is -2.49. The molecule has 0 bridgehead atoms. The molecule has 1 saturated heterocycles. The minimum Gasteiger partial charge on any atom is -0.478 e. The SMILES string of the molecule is Cc1c(C(=O)O)cc([B-](F)(F)F)cc1N1CCN(C(=O)OCC2c3ccccc3-c3ccccc32)CC1. The predicted octanol–water partition coefficient (Wildman–Crippen LogP) is 4.82. The number of piperazine rings is 1. The van der Waals surface area contributed by atoms with Crippen molar-refractivity contribution in [2.45, 2.75) is 12.8 Å². The molecule has 1 heterocycles. The molecule has 192 valence electrons. The molecule has 37 heavy (non-hydrogen) atoms. The van der Waals surface area contributed by atoms with E-state index in [4.69, 9.17) is 4.74 Å². The maximum atomic E-state index is 13.5. The smallest absolute Gasteiger partial charge is 0.478 e. The lowest BCUT2D eigenvalue weighted by molar-refractivity contribution is 0.0696. The first-order valence-electron chi connectivity index (χ1n) is 12.1. The van der Waals surface area contributed by atoms with Gasteiger partial charge >= 0.3 is 19.0 Å². The summed E-state index contributed by atoms with van der Waals surface area (Å²) in [6, 6.07) is 17.8. The van der Waals surface area contributed by atoms with Crippen molar-refractivity contribution in [1.82, 2.24) is 4.90 Å². The summed E-state index contributed by atoms with van der Waals surface area (Å²) in [4.78, 5) is 27.7. The predicted molar refractivity (Wildman–Crippen MR) is 136 cm³/mol. The van der Waals surface area contributed by atoms with Crippen LogP contribution in [-0.4, -0.2) is 61.8 Å². The van der Waals surface area contributed by atoms with Crippen molar-refractivity contribution in [2.24, 2.45) is 0 Å². The van der Waals surface area contributed by atoms with Crippen LogP contribution in [0.5, 0.6) is 0 Å². The van der Waals surface area contributed by atoms with Crippen LogP contribution in [-0.2, 0) is 4.74 Å². The van der Waals surface area contributed by atoms with Crippen LogP contribution in [0, 0.1) is 6.92 Å². The molecule has 0 saturated carbocycles. The molecule has 0 radical (unpaired) electrons. The van der Waals surface area contributed by atoms with E-state index >= 15 is 0 Å². The molecule has 3 aromatic rings. The average Bonchev–Trinajstić information content (AvgIpc) is 3.20. The van der Waals surface area contributed by atoms with E-state index in [0.717, 1.165) is 28.3 Å². The third-order valence-electron chi connectivity index (χ3n) is 7.23. The molecule has 0 spiro atoms. The highest BCUT2D eigenvalue weighted by Crippen LogP contribution is 2.44. The number of aromatic carboxylic acids is 1. The van der Waals surface area contributed by atoms with Gasteiger partial charge in [-0.25, -0.2) is 9.59 Å². The molecule has 0 unspecified atom stereocenters. The van der Waals surface area contributed by atoms with Crippen molar-refractivity contribution >= 4 is 30.2 Å². The Labute approximate surface area is 212 Å². The van der Waals surface area contributed by atoms with Crippen LogP contribution in [0.2, 0.25) is 0 Å². The lowest BCUT2D eigenvalue weighted by Gasteiger charge is -2.37. The van der Waals surface area contributed by atoms with Crippen molar-refractivity contribution < 1.29 is 32.4 Å². The minimum absolute atomic E-state index is 0.0679. The maximum Gasteiger partial charge on any atom is 0.509 e. The molecule has 5 rings (SSSR count). The third kappa shape index (κ3) is 4.63. The molecule has 1 aliphatic carbocycles. The van der Waals surface area contributed by atoms with E-state index in [1.807, 2.05) is 36.4 Å². The van der Waals surface area contributed by atoms with Crippen LogP contribution in [0.3, 0.4) is 0 Å². The second-order valence-electron chi connectivity index (χ2n) is 9.37. The summed E-state index contributed by atoms with van der Waals surface area (Å²) < 4.78 is 46.1. The molecule has 0 aromatic heterocycles. The quantitative estimate of drug-likeness (QED) is 0.500. The van der Waals surface area contributed by atoms with Gasteiger partial charge in [0.05, 0.1) is 5.56 Å². The van der Waals surface area contributed by atoms with Crippen LogP contribution < -0.4 is 10.4 Å². The van der Waals surface area contributed by atoms with E-state index in [9.17, 15) is 27.6 Å². The Balaban J connectivity index is 1.26. The zero-order chi connectivity index (χ0) is 26.3. The van der Waals surface area contributed by atoms with Gasteiger partial charge in [-0.2, -0.15) is 0 Å². The Bertz CT molecular complexity index is 1320. The van der Waals surface area contributed by atoms with E-state index in [1.165, 1.54) is 11.8 Å². The lowest BCUT2D eigenvalue weighted by atomic mass is 9.78. The largest absolute Gasteiger partial charge is 0.509 e. The first-order valence-corrected chi connectivity index (χ1v) is 12.1. The minimum atomic E-state index is -5.36. The summed E-state index contributed by atoms with van der Waals surface area (Å²) in [5, 5.41) is 9.42. The standard InChI is InChI=1S/C27H25BF3N2O4/c1-17-23(26(34)35)14-18(28(29,30)31)15-25(17)32-10-12-33(13-11-32)27(36)37-16-24-21-8-4-2-6-19(21)20-7-3-5-9-22(20)24/h2-9,14-15,24H,10-13,16H2,1H3,(H,34,35)/q-1. The number of carboxylic acid groups (broad SMARTS) is 1. The van der Waals surface area contributed by atoms with Gasteiger partial charge in [0.15, 0.2) is 0 Å². The highest BCUT2D eigenvalue weighted by molar-refractivity contribution is 6.73. The van der Waals surface area contributed by atoms with E-state index in [1.54, 1.807) is 4.90 Å². The molecule has 10 heteroatoms. The number of carbonyl (C=O) groups excluding carboxylic acids is 1. The number of ether oxygens (including phenoxy) is 1. The molecule has 1 fully saturated rings. The number of hydrogen-bond donors (Lipinski definition) is 1. The number of amides is 1. The highest BCUT2D eigenvalue weighted by atomic mass is 19.4. The topological polar surface area (TPSA) is 70.1 Å². The number of rotatable bonds is 5. The van der Waals surface area contributed by atoms with Gasteiger partial charge in [0.2, 0.25) is 0 Å². The van der Waals surface area contributed by atoms with Crippen molar-refractivity contribution in [2.75, 3.05) is 37.7 Å². The van der Waals surface area contributed by atoms with Crippen molar-refractivity contribution in [3.8, 4) is 11.1 Å². The highest BCUT2D eigenvalue weighted by Gasteiger charge is 2.32. The summed E-state index contributed by atoms with van der Waals surface area (Å²) >= 11 is 0. The van der Waals surface area contributed by atoms with E-state index in [0.29, 0.717) is 6.07 Å². The summed E-state index contributed by atoms with van der Waals surface area (Å²) in [6.45, 7) is -2.65. The number of carboxylic acids is 1. The summed E-state index contributed by atoms with van der Waals surface area (Å²) in [5.41, 5.74) is 3.65. The molecule has 1 N–H and O–H groups in total. The van der Waals surface area contributed by atoms with Gasteiger partial charge in [0.1, 0.15) is 6.61 Å². The fourth-order valence-electron chi connectivity index (χ4n) is 5.28. The van der Waals surface area contributed by atoms with Gasteiger partial charge in [-0.1, -0.05) is 60.7 Å². The van der Waals surface area contributed by atoms with Gasteiger partial charge in [-0.05, 0) is 34.7 Å². The van der Waals surface area contributed by atoms with E-state index in [2.05, 4.69) is 12.1 Å². The third-order valence-corrected chi connectivity index (χ3v) is 7.23. The Hall–Kier alpha value is -3.95. The molecule has 6 nitrogen and oxygen atoms in total. The number of anilines is 1. The number of carbonyl (C=O) groups is 2. The Morgan fingerprint density at radius 2 is 1.51 bits per heavy atom. The van der Waals surface area contributed by atoms with Gasteiger partial charge in [-0.3, -0.25) is 0 Å². The number of nitrogens with zero attached hydrogens (tertiary/aromatic N) is 2. The number of benzene rings is 3. The zero-order valence-corrected chi connectivity index (χ0v) is 20.2. The van der Waals surface area contributed by atoms with Gasteiger partial charge < -0.3 is 32.6 Å². The molecule has 0 atom stereocenters. The summed E-state index contributed by atoms with van der Waals surface area (Å²) in [5.74, 6) is -1.47. The molecule has 3 aromatic carbocycles. The van der Waals surface area contributed by atoms with Crippen molar-refractivity contribution in [1.29, 1.82) is 0 Å². The number of halogens is 3. The molecular formula is C27H25BF3N2O4-. The van der Waals surface area contributed by atoms with Crippen LogP contribution in [0.25, 0.3) is 11.1 Å². The number of fused-ring (bicyclic) bond motifs is 3. The normalized spacial score (nSPS) is 15.4. The Morgan fingerprint density at radius 3 is 2.05 bits per heavy atom. The summed E-state index contributed by atoms with van der Waals surface area (Å²) in [6.07, 6.45) is -0.475. The van der Waals surface area contributed by atoms with Crippen LogP contribution in [0.15, 0.2) is 60.7 Å². The van der Waals surface area contributed by atoms with Crippen LogP contribution in [0.4, 0.5) is 23.4 Å². The Kier molecular flexibility index (Phi) is 6.35. The van der Waals surface area contributed by atoms with Gasteiger partial charge in [0, 0.05) is 37.8 Å². The van der Waals surface area contributed by atoms with Crippen LogP contribution in [0.1, 0.15) is 33.0 Å². The molecule has 2 aliphatic rings. The zero-order valence-electron chi connectivity index (χ0n) is 20.2. The fraction of sp³-hybridized carbons (Fsp3) is 0.259. The van der Waals surface area contributed by atoms with Crippen molar-refractivity contribution in [3.05, 3.63) is 82.9 Å². The van der Waals surface area contributed by atoms with Gasteiger partial charge in [-0.15, -0.1) is 5.46 Å². The second kappa shape index (κ2) is 9.50. The fourth-order valence-corrected chi connectivity index (χ4v) is 5.28. The van der Waals surface area contributed by atoms with Crippen molar-refractivity contribution in [3.63, 3.8) is 0 Å². The monoisotopic (exact) mass is 509 g/mol. The summed E-state index contributed by atoms with van der Waals surface area (Å²) in [7, 11) is 0. The van der Waals surface area contributed by atoms with Crippen LogP contribution >= 0.6 is 0 Å². The van der Waals surface area contributed by atoms with E-state index in [-0.39, 0.29) is 55.5 Å². The molecular weight excluding hydrogens is 484 g/mol. The second-order valence-corrected chi connectivity index (χ2v) is 9.37. The first-order chi connectivity index (χ1) is 17.6. The van der Waals surface area contributed by atoms with Gasteiger partial charge in [0.25, 0.3) is 0 Å². The van der Waals surface area contributed by atoms with E-state index < -0.39 is 24.5 Å². The first kappa shape index (κ1) is 24.7. The Morgan fingerprint density at radius 1 is 0.946 bits per heavy atom. The molecule has 1 amide bonds. The average molecular weight is 509 g/mol. The number of hydrogen-bond acceptors (Lipinski definition) is 4.